The number of amides is 1. The molecular formula is C11H23N3O. The lowest BCUT2D eigenvalue weighted by atomic mass is 10.3. The topological polar surface area (TPSA) is 35.6 Å². The maximum atomic E-state index is 11.8. The van der Waals surface area contributed by atoms with Gasteiger partial charge in [-0.25, -0.2) is 5.01 Å². The van der Waals surface area contributed by atoms with E-state index in [0.717, 1.165) is 19.5 Å². The lowest BCUT2D eigenvalue weighted by Gasteiger charge is -2.28. The van der Waals surface area contributed by atoms with Crippen molar-refractivity contribution in [2.75, 3.05) is 33.7 Å². The van der Waals surface area contributed by atoms with Crippen molar-refractivity contribution in [3.8, 4) is 0 Å². The third-order valence-electron chi connectivity index (χ3n) is 2.01. The zero-order valence-corrected chi connectivity index (χ0v) is 10.1. The largest absolute Gasteiger partial charge is 0.313 e. The summed E-state index contributed by atoms with van der Waals surface area (Å²) in [4.78, 5) is 11.8. The first-order valence-electron chi connectivity index (χ1n) is 5.42. The summed E-state index contributed by atoms with van der Waals surface area (Å²) in [5, 5.41) is 6.74. The maximum absolute atomic E-state index is 11.8. The Bertz CT molecular complexity index is 192. The number of nitrogens with zero attached hydrogens (tertiary/aromatic N) is 2. The van der Waals surface area contributed by atoms with Gasteiger partial charge in [-0.05, 0) is 6.42 Å². The molecule has 0 rings (SSSR count). The first-order chi connectivity index (χ1) is 7.13. The lowest BCUT2D eigenvalue weighted by Crippen LogP contribution is -2.43. The van der Waals surface area contributed by atoms with Crippen molar-refractivity contribution in [1.82, 2.24) is 15.3 Å². The Labute approximate surface area is 92.9 Å². The summed E-state index contributed by atoms with van der Waals surface area (Å²) in [6.07, 6.45) is 3.30. The van der Waals surface area contributed by atoms with Crippen LogP contribution in [0.2, 0.25) is 0 Å². The summed E-state index contributed by atoms with van der Waals surface area (Å²) < 4.78 is 0. The second-order valence-corrected chi connectivity index (χ2v) is 3.61. The number of hydrogen-bond acceptors (Lipinski definition) is 3. The molecule has 0 aliphatic heterocycles. The van der Waals surface area contributed by atoms with Crippen LogP contribution in [0.3, 0.4) is 0 Å². The van der Waals surface area contributed by atoms with Gasteiger partial charge in [0.25, 0.3) is 0 Å². The summed E-state index contributed by atoms with van der Waals surface area (Å²) in [5.74, 6) is 0.165. The average Bonchev–Trinajstić information content (AvgIpc) is 2.20. The number of carbonyl (C=O) groups excluding carboxylic acids is 1. The maximum Gasteiger partial charge on any atom is 0.238 e. The Morgan fingerprint density at radius 2 is 2.13 bits per heavy atom. The summed E-state index contributed by atoms with van der Waals surface area (Å²) in [6, 6.07) is 0. The van der Waals surface area contributed by atoms with E-state index in [-0.39, 0.29) is 5.91 Å². The molecule has 0 saturated heterocycles. The van der Waals surface area contributed by atoms with E-state index in [1.165, 1.54) is 0 Å². The minimum absolute atomic E-state index is 0.165. The Morgan fingerprint density at radius 1 is 1.47 bits per heavy atom. The number of nitrogens with one attached hydrogen (secondary N) is 1. The smallest absolute Gasteiger partial charge is 0.238 e. The Morgan fingerprint density at radius 3 is 2.60 bits per heavy atom. The van der Waals surface area contributed by atoms with Crippen molar-refractivity contribution in [2.24, 2.45) is 0 Å². The van der Waals surface area contributed by atoms with Gasteiger partial charge in [0.1, 0.15) is 0 Å². The van der Waals surface area contributed by atoms with Crippen molar-refractivity contribution in [2.45, 2.75) is 19.8 Å². The molecule has 0 aliphatic carbocycles. The molecule has 0 atom stereocenters. The van der Waals surface area contributed by atoms with Gasteiger partial charge in [-0.3, -0.25) is 9.80 Å². The highest BCUT2D eigenvalue weighted by Gasteiger charge is 2.13. The van der Waals surface area contributed by atoms with E-state index < -0.39 is 0 Å². The fourth-order valence-electron chi connectivity index (χ4n) is 1.29. The quantitative estimate of drug-likeness (QED) is 0.369. The van der Waals surface area contributed by atoms with Crippen LogP contribution in [0.5, 0.6) is 0 Å². The molecule has 0 aliphatic rings. The summed E-state index contributed by atoms with van der Waals surface area (Å²) in [7, 11) is 3.79. The van der Waals surface area contributed by atoms with Crippen LogP contribution in [0.25, 0.3) is 0 Å². The van der Waals surface area contributed by atoms with Gasteiger partial charge < -0.3 is 5.32 Å². The third kappa shape index (κ3) is 6.25. The van der Waals surface area contributed by atoms with Crippen LogP contribution < -0.4 is 5.32 Å². The van der Waals surface area contributed by atoms with Crippen molar-refractivity contribution >= 4 is 5.91 Å². The van der Waals surface area contributed by atoms with E-state index in [2.05, 4.69) is 18.8 Å². The fraction of sp³-hybridized carbons (Fsp3) is 0.727. The highest BCUT2D eigenvalue weighted by molar-refractivity contribution is 5.75. The molecule has 0 heterocycles. The molecule has 0 spiro atoms. The first-order valence-corrected chi connectivity index (χ1v) is 5.42. The monoisotopic (exact) mass is 213 g/mol. The molecule has 1 N–H and O–H groups in total. The normalized spacial score (nSPS) is 10.4. The molecule has 0 fully saturated rings. The van der Waals surface area contributed by atoms with Crippen LogP contribution in [-0.2, 0) is 4.79 Å². The van der Waals surface area contributed by atoms with E-state index in [1.54, 1.807) is 11.1 Å². The second-order valence-electron chi connectivity index (χ2n) is 3.61. The average molecular weight is 213 g/mol. The first kappa shape index (κ1) is 14.1. The molecule has 0 saturated carbocycles. The minimum Gasteiger partial charge on any atom is -0.313 e. The predicted molar refractivity (Wildman–Crippen MR) is 63.4 cm³/mol. The molecule has 4 nitrogen and oxygen atoms in total. The number of carbonyl (C=O) groups is 1. The van der Waals surface area contributed by atoms with E-state index in [4.69, 9.17) is 0 Å². The number of rotatable bonds is 8. The number of hydrogen-bond donors (Lipinski definition) is 1. The Hall–Kier alpha value is -0.870. The zero-order valence-electron chi connectivity index (χ0n) is 10.1. The van der Waals surface area contributed by atoms with Crippen molar-refractivity contribution < 1.29 is 4.79 Å². The van der Waals surface area contributed by atoms with Crippen LogP contribution in [0.15, 0.2) is 12.7 Å². The lowest BCUT2D eigenvalue weighted by molar-refractivity contribution is -0.144. The standard InChI is InChI=1S/C11H23N3O/c1-5-8-12-9-7-11(15)14(10-6-2)13(3)4/h5,12H,1,6-10H2,2-4H3. The molecule has 15 heavy (non-hydrogen) atoms. The van der Waals surface area contributed by atoms with E-state index in [1.807, 2.05) is 19.1 Å². The Kier molecular flexibility index (Phi) is 7.95. The molecule has 0 radical (unpaired) electrons. The van der Waals surface area contributed by atoms with Gasteiger partial charge in [-0.2, -0.15) is 0 Å². The van der Waals surface area contributed by atoms with Crippen molar-refractivity contribution in [3.05, 3.63) is 12.7 Å². The molecule has 0 bridgehead atoms. The summed E-state index contributed by atoms with van der Waals surface area (Å²) in [5.41, 5.74) is 0. The SMILES string of the molecule is C=CCNCCC(=O)N(CCC)N(C)C. The van der Waals surface area contributed by atoms with Gasteiger partial charge in [-0.15, -0.1) is 6.58 Å². The summed E-state index contributed by atoms with van der Waals surface area (Å²) >= 11 is 0. The minimum atomic E-state index is 0.165. The number of hydrazine groups is 1. The fourth-order valence-corrected chi connectivity index (χ4v) is 1.29. The van der Waals surface area contributed by atoms with E-state index in [9.17, 15) is 4.79 Å². The van der Waals surface area contributed by atoms with Gasteiger partial charge in [0.2, 0.25) is 5.91 Å². The molecular weight excluding hydrogens is 190 g/mol. The van der Waals surface area contributed by atoms with Crippen LogP contribution in [0.1, 0.15) is 19.8 Å². The van der Waals surface area contributed by atoms with Gasteiger partial charge >= 0.3 is 0 Å². The third-order valence-corrected chi connectivity index (χ3v) is 2.01. The molecule has 1 amide bonds. The van der Waals surface area contributed by atoms with Crippen molar-refractivity contribution in [3.63, 3.8) is 0 Å². The Balaban J connectivity index is 3.86. The zero-order chi connectivity index (χ0) is 11.7. The predicted octanol–water partition coefficient (Wildman–Crippen LogP) is 0.867. The van der Waals surface area contributed by atoms with Crippen LogP contribution >= 0.6 is 0 Å². The molecule has 0 aromatic rings. The highest BCUT2D eigenvalue weighted by Crippen LogP contribution is 1.98. The van der Waals surface area contributed by atoms with Gasteiger partial charge in [0.05, 0.1) is 0 Å². The van der Waals surface area contributed by atoms with E-state index >= 15 is 0 Å². The van der Waals surface area contributed by atoms with Crippen molar-refractivity contribution in [1.29, 1.82) is 0 Å². The van der Waals surface area contributed by atoms with Gasteiger partial charge in [0.15, 0.2) is 0 Å². The molecule has 0 aromatic heterocycles. The van der Waals surface area contributed by atoms with E-state index in [0.29, 0.717) is 13.0 Å². The van der Waals surface area contributed by atoms with Crippen LogP contribution in [-0.4, -0.2) is 49.7 Å². The molecule has 0 aromatic carbocycles. The molecule has 0 unspecified atom stereocenters. The van der Waals surface area contributed by atoms with Crippen LogP contribution in [0, 0.1) is 0 Å². The molecule has 88 valence electrons. The van der Waals surface area contributed by atoms with Crippen LogP contribution in [0.4, 0.5) is 0 Å². The second kappa shape index (κ2) is 8.44. The van der Waals surface area contributed by atoms with Gasteiger partial charge in [-0.1, -0.05) is 13.0 Å². The van der Waals surface area contributed by atoms with Gasteiger partial charge in [0, 0.05) is 40.2 Å². The summed E-state index contributed by atoms with van der Waals surface area (Å²) in [6.45, 7) is 7.92. The molecule has 4 heteroatoms. The highest BCUT2D eigenvalue weighted by atomic mass is 16.2.